The number of carbonyl (C=O) groups excluding carboxylic acids is 4. The number of phosphoric ester groups is 1. The Labute approximate surface area is 386 Å². The molecule has 19 heteroatoms. The second kappa shape index (κ2) is 22.9. The monoisotopic (exact) mass is 975 g/mol. The Balaban J connectivity index is 1.000. The molecule has 0 aromatic rings. The van der Waals surface area contributed by atoms with Crippen LogP contribution in [0.25, 0.3) is 0 Å². The van der Waals surface area contributed by atoms with Gasteiger partial charge in [-0.15, -0.1) is 5.92 Å². The number of carbonyl (C=O) groups is 4. The molecule has 0 spiro atoms. The largest absolute Gasteiger partial charge is 0.479 e. The molecule has 0 aromatic carbocycles. The Bertz CT molecular complexity index is 1960. The number of nitrogens with one attached hydrogen (secondary N) is 1. The molecule has 14 nitrogen and oxygen atoms in total. The first-order valence-electron chi connectivity index (χ1n) is 23.4. The molecular formula is C46H69F2NO13P2S. The molecule has 366 valence electrons. The second-order valence-corrected chi connectivity index (χ2v) is 23.5. The van der Waals surface area contributed by atoms with E-state index >= 15 is 8.78 Å². The number of hydrogen-bond acceptors (Lipinski definition) is 12. The lowest BCUT2D eigenvalue weighted by atomic mass is 9.44. The number of rotatable bonds is 23. The molecule has 3 fully saturated rings. The number of fused-ring (bicyclic) bond motifs is 5. The number of alkyl halides is 2. The molecule has 65 heavy (non-hydrogen) atoms. The van der Waals surface area contributed by atoms with Crippen LogP contribution in [0.3, 0.4) is 0 Å². The van der Waals surface area contributed by atoms with Crippen LogP contribution in [-0.4, -0.2) is 99.0 Å². The first kappa shape index (κ1) is 53.7. The molecule has 3 saturated carbocycles. The third kappa shape index (κ3) is 12.3. The third-order valence-corrected chi connectivity index (χ3v) is 18.8. The van der Waals surface area contributed by atoms with E-state index in [2.05, 4.69) is 21.5 Å². The van der Waals surface area contributed by atoms with Crippen LogP contribution in [0.5, 0.6) is 0 Å². The summed E-state index contributed by atoms with van der Waals surface area (Å²) < 4.78 is 79.5. The molecule has 2 unspecified atom stereocenters. The lowest BCUT2D eigenvalue weighted by Crippen LogP contribution is -2.70. The van der Waals surface area contributed by atoms with Gasteiger partial charge in [-0.3, -0.25) is 28.3 Å². The highest BCUT2D eigenvalue weighted by atomic mass is 32.2. The SMILES string of the molecule is CCC(=O)O[C@]1(C(=O)SCCCCCCCCCCP(=O)(O)OP(=O)(O)OCCNC(=O)CO[C@H]2C#CCCCCC2)[C@H](C)C[C@H]2[C@@H]3C[C@H](F)C4=CC(=O)C=C[C@]4(C)[C@@]3(F)[C@@H](O)C[C@@]21C. The minimum atomic E-state index is -4.87. The Morgan fingerprint density at radius 2 is 1.69 bits per heavy atom. The number of ketones is 1. The predicted molar refractivity (Wildman–Crippen MR) is 242 cm³/mol. The van der Waals surface area contributed by atoms with Gasteiger partial charge in [0.1, 0.15) is 18.9 Å². The maximum Gasteiger partial charge on any atom is 0.479 e. The molecular weight excluding hydrogens is 907 g/mol. The van der Waals surface area contributed by atoms with Gasteiger partial charge in [-0.05, 0) is 81.9 Å². The van der Waals surface area contributed by atoms with Crippen molar-refractivity contribution in [3.63, 3.8) is 0 Å². The number of halogens is 2. The van der Waals surface area contributed by atoms with E-state index in [1.807, 2.05) is 6.92 Å². The summed E-state index contributed by atoms with van der Waals surface area (Å²) >= 11 is 1.07. The molecule has 4 N–H and O–H groups in total. The first-order chi connectivity index (χ1) is 30.7. The average molecular weight is 976 g/mol. The molecule has 5 aliphatic carbocycles. The molecule has 0 bridgehead atoms. The van der Waals surface area contributed by atoms with Gasteiger partial charge < -0.3 is 29.7 Å². The van der Waals surface area contributed by atoms with Crippen molar-refractivity contribution in [2.75, 3.05) is 31.7 Å². The van der Waals surface area contributed by atoms with Gasteiger partial charge in [0.2, 0.25) is 11.0 Å². The number of allylic oxidation sites excluding steroid dienone is 4. The quantitative estimate of drug-likeness (QED) is 0.0328. The lowest BCUT2D eigenvalue weighted by molar-refractivity contribution is -0.228. The van der Waals surface area contributed by atoms with Gasteiger partial charge in [-0.25, -0.2) is 17.7 Å². The number of phosphoric acid groups is 1. The van der Waals surface area contributed by atoms with E-state index in [1.54, 1.807) is 13.8 Å². The summed E-state index contributed by atoms with van der Waals surface area (Å²) in [4.78, 5) is 71.9. The Hall–Kier alpha value is -2.25. The van der Waals surface area contributed by atoms with Crippen molar-refractivity contribution in [3.8, 4) is 11.8 Å². The molecule has 5 rings (SSSR count). The highest BCUT2D eigenvalue weighted by molar-refractivity contribution is 8.13. The standard InChI is InChI=1S/C46H69F2NO13P2S/c1-5-41(53)61-46(32(2)27-35-36-29-38(47)37-28-33(50)21-22-43(37,3)45(36,48)39(51)30-44(35,46)4)42(54)65-26-18-14-9-7-6-8-13-17-25-63(55,56)62-64(57,58)60-24-23-49-40(52)31-59-34-19-15-11-10-12-16-20-34/h21-22,28,32,34-36,38-39,51H,5-15,17-19,23-27,29-31H2,1-4H3,(H,49,52)(H,55,56)(H,57,58)/t32-,34-,35+,36+,38+,39+,43+,44+,45+,46+/m1/s1. The van der Waals surface area contributed by atoms with Crippen molar-refractivity contribution in [2.24, 2.45) is 28.6 Å². The van der Waals surface area contributed by atoms with Crippen LogP contribution in [0.15, 0.2) is 23.8 Å². The Kier molecular flexibility index (Phi) is 18.9. The summed E-state index contributed by atoms with van der Waals surface area (Å²) in [6.45, 7) is 5.95. The summed E-state index contributed by atoms with van der Waals surface area (Å²) in [6.07, 6.45) is 10.0. The zero-order valence-electron chi connectivity index (χ0n) is 38.2. The number of esters is 1. The molecule has 0 saturated heterocycles. The molecule has 1 amide bonds. The number of thioether (sulfide) groups is 1. The van der Waals surface area contributed by atoms with E-state index in [-0.39, 0.29) is 61.8 Å². The fourth-order valence-corrected chi connectivity index (χ4v) is 15.1. The summed E-state index contributed by atoms with van der Waals surface area (Å²) in [5.74, 6) is 2.87. The predicted octanol–water partition coefficient (Wildman–Crippen LogP) is 8.41. The summed E-state index contributed by atoms with van der Waals surface area (Å²) in [5, 5.41) is 13.9. The van der Waals surface area contributed by atoms with E-state index in [9.17, 15) is 43.2 Å². The molecule has 0 radical (unpaired) electrons. The van der Waals surface area contributed by atoms with Gasteiger partial charge in [0.05, 0.1) is 18.9 Å². The third-order valence-electron chi connectivity index (χ3n) is 14.5. The topological polar surface area (TPSA) is 212 Å². The van der Waals surface area contributed by atoms with E-state index in [1.165, 1.54) is 19.1 Å². The number of aliphatic hydroxyl groups excluding tert-OH is 1. The van der Waals surface area contributed by atoms with E-state index in [0.29, 0.717) is 25.0 Å². The fourth-order valence-electron chi connectivity index (χ4n) is 11.1. The van der Waals surface area contributed by atoms with Crippen LogP contribution in [0.2, 0.25) is 0 Å². The molecule has 0 aliphatic heterocycles. The first-order valence-corrected chi connectivity index (χ1v) is 27.6. The smallest absolute Gasteiger partial charge is 0.449 e. The molecule has 12 atom stereocenters. The van der Waals surface area contributed by atoms with Crippen LogP contribution in [-0.2, 0) is 46.6 Å². The average Bonchev–Trinajstić information content (AvgIpc) is 3.44. The van der Waals surface area contributed by atoms with Crippen LogP contribution in [0.4, 0.5) is 8.78 Å². The maximum atomic E-state index is 17.7. The van der Waals surface area contributed by atoms with Crippen LogP contribution >= 0.6 is 27.2 Å². The zero-order valence-corrected chi connectivity index (χ0v) is 40.8. The fraction of sp³-hybridized carbons (Fsp3) is 0.783. The number of aliphatic hydroxyl groups is 1. The Morgan fingerprint density at radius 3 is 2.40 bits per heavy atom. The van der Waals surface area contributed by atoms with Gasteiger partial charge >= 0.3 is 21.4 Å². The van der Waals surface area contributed by atoms with Crippen LogP contribution in [0.1, 0.15) is 137 Å². The van der Waals surface area contributed by atoms with Gasteiger partial charge in [0.25, 0.3) is 0 Å². The van der Waals surface area contributed by atoms with E-state index in [4.69, 9.17) is 14.0 Å². The Morgan fingerprint density at radius 1 is 1.00 bits per heavy atom. The highest BCUT2D eigenvalue weighted by Gasteiger charge is 2.78. The molecule has 5 aliphatic rings. The van der Waals surface area contributed by atoms with Gasteiger partial charge in [0.15, 0.2) is 17.1 Å². The highest BCUT2D eigenvalue weighted by Crippen LogP contribution is 2.72. The second-order valence-electron chi connectivity index (χ2n) is 18.8. The van der Waals surface area contributed by atoms with E-state index < -0.39 is 91.8 Å². The number of unbranched alkanes of at least 4 members (excludes halogenated alkanes) is 7. The number of ether oxygens (including phenoxy) is 2. The summed E-state index contributed by atoms with van der Waals surface area (Å²) in [7, 11) is -9.30. The van der Waals surface area contributed by atoms with Crippen LogP contribution < -0.4 is 5.32 Å². The van der Waals surface area contributed by atoms with E-state index in [0.717, 1.165) is 82.0 Å². The molecule has 0 heterocycles. The molecule has 0 aromatic heterocycles. The van der Waals surface area contributed by atoms with Gasteiger partial charge in [0, 0.05) is 47.8 Å². The van der Waals surface area contributed by atoms with Crippen molar-refractivity contribution in [2.45, 2.75) is 166 Å². The van der Waals surface area contributed by atoms with Crippen molar-refractivity contribution in [3.05, 3.63) is 23.8 Å². The lowest BCUT2D eigenvalue weighted by Gasteiger charge is -2.63. The summed E-state index contributed by atoms with van der Waals surface area (Å²) in [6, 6.07) is 0. The van der Waals surface area contributed by atoms with Gasteiger partial charge in [-0.2, -0.15) is 0 Å². The number of amides is 1. The maximum absolute atomic E-state index is 17.7. The normalized spacial score (nSPS) is 34.8. The summed E-state index contributed by atoms with van der Waals surface area (Å²) in [5.41, 5.74) is -6.71. The van der Waals surface area contributed by atoms with Crippen molar-refractivity contribution in [1.29, 1.82) is 0 Å². The van der Waals surface area contributed by atoms with Crippen LogP contribution in [0, 0.1) is 40.4 Å². The number of hydrogen-bond donors (Lipinski definition) is 4. The minimum absolute atomic E-state index is 0.00822. The minimum Gasteiger partial charge on any atom is -0.449 e. The van der Waals surface area contributed by atoms with Gasteiger partial charge in [-0.1, -0.05) is 89.5 Å². The van der Waals surface area contributed by atoms with Crippen molar-refractivity contribution in [1.82, 2.24) is 5.32 Å². The zero-order chi connectivity index (χ0) is 47.7. The van der Waals surface area contributed by atoms with Crippen molar-refractivity contribution >= 4 is 50.0 Å². The van der Waals surface area contributed by atoms with Crippen molar-refractivity contribution < 1.29 is 70.3 Å².